The second kappa shape index (κ2) is 8.94. The zero-order chi connectivity index (χ0) is 22.0. The second-order valence-electron chi connectivity index (χ2n) is 8.61. The normalized spacial score (nSPS) is 21.3. The molecule has 2 fully saturated rings. The van der Waals surface area contributed by atoms with Gasteiger partial charge in [-0.1, -0.05) is 12.1 Å². The van der Waals surface area contributed by atoms with Crippen LogP contribution in [-0.2, 0) is 11.0 Å². The lowest BCUT2D eigenvalue weighted by Gasteiger charge is -2.37. The molecule has 0 bridgehead atoms. The van der Waals surface area contributed by atoms with Crippen molar-refractivity contribution in [3.63, 3.8) is 0 Å². The molecule has 1 amide bonds. The van der Waals surface area contributed by atoms with E-state index in [1.165, 1.54) is 12.3 Å². The molecule has 1 aromatic heterocycles. The predicted octanol–water partition coefficient (Wildman–Crippen LogP) is 4.21. The number of carbonyl (C=O) groups is 1. The molecule has 2 aliphatic rings. The number of halogens is 3. The number of rotatable bonds is 3. The van der Waals surface area contributed by atoms with Crippen LogP contribution in [0, 0.1) is 5.92 Å². The molecule has 0 aliphatic carbocycles. The lowest BCUT2D eigenvalue weighted by atomic mass is 9.91. The van der Waals surface area contributed by atoms with E-state index in [2.05, 4.69) is 21.9 Å². The summed E-state index contributed by atoms with van der Waals surface area (Å²) in [6.45, 7) is 3.23. The Hall–Kier alpha value is -2.48. The van der Waals surface area contributed by atoms with Gasteiger partial charge < -0.3 is 9.80 Å². The molecule has 2 aliphatic heterocycles. The van der Waals surface area contributed by atoms with Gasteiger partial charge in [0.1, 0.15) is 0 Å². The van der Waals surface area contributed by atoms with Gasteiger partial charge in [-0.25, -0.2) is 4.98 Å². The molecule has 2 aromatic rings. The van der Waals surface area contributed by atoms with Crippen LogP contribution in [0.5, 0.6) is 0 Å². The van der Waals surface area contributed by atoms with Crippen molar-refractivity contribution in [1.29, 1.82) is 0 Å². The van der Waals surface area contributed by atoms with Crippen molar-refractivity contribution in [2.75, 3.05) is 33.2 Å². The van der Waals surface area contributed by atoms with Crippen LogP contribution in [0.3, 0.4) is 0 Å². The Morgan fingerprint density at radius 2 is 1.87 bits per heavy atom. The summed E-state index contributed by atoms with van der Waals surface area (Å²) in [6.07, 6.45) is 2.31. The summed E-state index contributed by atoms with van der Waals surface area (Å²) in [6, 6.07) is 5.15. The Morgan fingerprint density at radius 1 is 1.10 bits per heavy atom. The highest BCUT2D eigenvalue weighted by molar-refractivity contribution is 5.79. The Balaban J connectivity index is 1.49. The SMILES string of the molecule is CN1CCC(C(=O)N2CCC[C@H](c3cncc(-c4cccc(C(F)(F)F)c4)n3)C2)CC1. The van der Waals surface area contributed by atoms with E-state index in [4.69, 9.17) is 0 Å². The topological polar surface area (TPSA) is 49.3 Å². The van der Waals surface area contributed by atoms with E-state index in [0.29, 0.717) is 17.8 Å². The fraction of sp³-hybridized carbons (Fsp3) is 0.522. The van der Waals surface area contributed by atoms with E-state index in [0.717, 1.165) is 63.1 Å². The first-order valence-electron chi connectivity index (χ1n) is 10.8. The summed E-state index contributed by atoms with van der Waals surface area (Å²) in [4.78, 5) is 26.1. The molecule has 31 heavy (non-hydrogen) atoms. The molecule has 0 unspecified atom stereocenters. The first-order chi connectivity index (χ1) is 14.8. The number of nitrogens with zero attached hydrogens (tertiary/aromatic N) is 4. The van der Waals surface area contributed by atoms with Crippen molar-refractivity contribution >= 4 is 5.91 Å². The first-order valence-corrected chi connectivity index (χ1v) is 10.8. The maximum absolute atomic E-state index is 13.1. The lowest BCUT2D eigenvalue weighted by Crippen LogP contribution is -2.45. The third-order valence-corrected chi connectivity index (χ3v) is 6.36. The number of hydrogen-bond donors (Lipinski definition) is 0. The van der Waals surface area contributed by atoms with Gasteiger partial charge in [-0.3, -0.25) is 9.78 Å². The minimum absolute atomic E-state index is 0.0437. The summed E-state index contributed by atoms with van der Waals surface area (Å²) >= 11 is 0. The molecular weight excluding hydrogens is 405 g/mol. The van der Waals surface area contributed by atoms with Crippen molar-refractivity contribution in [2.45, 2.75) is 37.8 Å². The van der Waals surface area contributed by atoms with E-state index in [9.17, 15) is 18.0 Å². The van der Waals surface area contributed by atoms with Crippen LogP contribution < -0.4 is 0 Å². The van der Waals surface area contributed by atoms with Crippen LogP contribution in [0.4, 0.5) is 13.2 Å². The molecule has 8 heteroatoms. The number of piperidine rings is 2. The fourth-order valence-corrected chi connectivity index (χ4v) is 4.50. The fourth-order valence-electron chi connectivity index (χ4n) is 4.50. The zero-order valence-corrected chi connectivity index (χ0v) is 17.6. The largest absolute Gasteiger partial charge is 0.416 e. The van der Waals surface area contributed by atoms with Crippen LogP contribution in [0.1, 0.15) is 42.9 Å². The summed E-state index contributed by atoms with van der Waals surface area (Å²) in [5.41, 5.74) is 0.835. The van der Waals surface area contributed by atoms with Gasteiger partial charge in [-0.15, -0.1) is 0 Å². The number of likely N-dealkylation sites (tertiary alicyclic amines) is 2. The van der Waals surface area contributed by atoms with Gasteiger partial charge in [0, 0.05) is 36.7 Å². The number of carbonyl (C=O) groups excluding carboxylic acids is 1. The molecule has 5 nitrogen and oxygen atoms in total. The van der Waals surface area contributed by atoms with Gasteiger partial charge >= 0.3 is 6.18 Å². The smallest absolute Gasteiger partial charge is 0.342 e. The van der Waals surface area contributed by atoms with Crippen LogP contribution in [-0.4, -0.2) is 58.9 Å². The summed E-state index contributed by atoms with van der Waals surface area (Å²) in [5, 5.41) is 0. The summed E-state index contributed by atoms with van der Waals surface area (Å²) in [7, 11) is 2.08. The average Bonchev–Trinajstić information content (AvgIpc) is 2.79. The van der Waals surface area contributed by atoms with Crippen molar-refractivity contribution < 1.29 is 18.0 Å². The lowest BCUT2D eigenvalue weighted by molar-refractivity contribution is -0.138. The minimum Gasteiger partial charge on any atom is -0.342 e. The standard InChI is InChI=1S/C23H27F3N4O/c1-29-10-7-16(8-11-29)22(31)30-9-3-5-18(15-30)21-14-27-13-20(28-21)17-4-2-6-19(12-17)23(24,25)26/h2,4,6,12-14,16,18H,3,5,7-11,15H2,1H3/t18-/m0/s1. The van der Waals surface area contributed by atoms with Crippen molar-refractivity contribution in [2.24, 2.45) is 5.92 Å². The van der Waals surface area contributed by atoms with Gasteiger partial charge in [0.15, 0.2) is 0 Å². The van der Waals surface area contributed by atoms with Crippen molar-refractivity contribution in [3.05, 3.63) is 47.9 Å². The second-order valence-corrected chi connectivity index (χ2v) is 8.61. The van der Waals surface area contributed by atoms with Crippen molar-refractivity contribution in [1.82, 2.24) is 19.8 Å². The van der Waals surface area contributed by atoms with Gasteiger partial charge in [0.2, 0.25) is 5.91 Å². The van der Waals surface area contributed by atoms with Gasteiger partial charge in [0.25, 0.3) is 0 Å². The number of benzene rings is 1. The van der Waals surface area contributed by atoms with Gasteiger partial charge in [-0.05, 0) is 58.0 Å². The van der Waals surface area contributed by atoms with Crippen LogP contribution in [0.2, 0.25) is 0 Å². The Morgan fingerprint density at radius 3 is 2.61 bits per heavy atom. The molecule has 0 saturated carbocycles. The number of hydrogen-bond acceptors (Lipinski definition) is 4. The molecule has 0 radical (unpaired) electrons. The third kappa shape index (κ3) is 5.06. The van der Waals surface area contributed by atoms with Gasteiger partial charge in [0.05, 0.1) is 23.1 Å². The molecule has 0 spiro atoms. The average molecular weight is 432 g/mol. The van der Waals surface area contributed by atoms with Crippen LogP contribution in [0.25, 0.3) is 11.3 Å². The quantitative estimate of drug-likeness (QED) is 0.729. The molecular formula is C23H27F3N4O. The molecule has 2 saturated heterocycles. The minimum atomic E-state index is -4.40. The number of aromatic nitrogens is 2. The van der Waals surface area contributed by atoms with E-state index in [1.807, 2.05) is 4.90 Å². The zero-order valence-electron chi connectivity index (χ0n) is 17.6. The Labute approximate surface area is 180 Å². The Kier molecular flexibility index (Phi) is 6.27. The highest BCUT2D eigenvalue weighted by Gasteiger charge is 2.32. The summed E-state index contributed by atoms with van der Waals surface area (Å²) in [5.74, 6) is 0.347. The van der Waals surface area contributed by atoms with Crippen molar-refractivity contribution in [3.8, 4) is 11.3 Å². The van der Waals surface area contributed by atoms with E-state index in [-0.39, 0.29) is 17.7 Å². The molecule has 0 N–H and O–H groups in total. The van der Waals surface area contributed by atoms with E-state index in [1.54, 1.807) is 12.3 Å². The molecule has 1 atom stereocenters. The monoisotopic (exact) mass is 432 g/mol. The van der Waals surface area contributed by atoms with E-state index >= 15 is 0 Å². The van der Waals surface area contributed by atoms with Crippen LogP contribution >= 0.6 is 0 Å². The molecule has 1 aromatic carbocycles. The summed E-state index contributed by atoms with van der Waals surface area (Å²) < 4.78 is 39.2. The predicted molar refractivity (Wildman–Crippen MR) is 111 cm³/mol. The number of alkyl halides is 3. The first kappa shape index (κ1) is 21.7. The molecule has 166 valence electrons. The highest BCUT2D eigenvalue weighted by Crippen LogP contribution is 2.33. The maximum Gasteiger partial charge on any atom is 0.416 e. The number of amides is 1. The van der Waals surface area contributed by atoms with Gasteiger partial charge in [-0.2, -0.15) is 13.2 Å². The Bertz CT molecular complexity index is 925. The maximum atomic E-state index is 13.1. The molecule has 3 heterocycles. The van der Waals surface area contributed by atoms with Crippen LogP contribution in [0.15, 0.2) is 36.7 Å². The third-order valence-electron chi connectivity index (χ3n) is 6.36. The van der Waals surface area contributed by atoms with E-state index < -0.39 is 11.7 Å². The highest BCUT2D eigenvalue weighted by atomic mass is 19.4. The molecule has 4 rings (SSSR count).